The van der Waals surface area contributed by atoms with E-state index in [4.69, 9.17) is 0 Å². The number of nitrogens with one attached hydrogen (secondary N) is 1. The van der Waals surface area contributed by atoms with Gasteiger partial charge in [0.1, 0.15) is 5.82 Å². The molecule has 1 aliphatic rings. The molecule has 0 bridgehead atoms. The van der Waals surface area contributed by atoms with Crippen LogP contribution >= 0.6 is 0 Å². The molecule has 3 aromatic rings. The molecule has 8 heteroatoms. The molecular weight excluding hydrogens is 453 g/mol. The predicted molar refractivity (Wildman–Crippen MR) is 130 cm³/mol. The van der Waals surface area contributed by atoms with Gasteiger partial charge in [0.2, 0.25) is 0 Å². The normalized spacial score (nSPS) is 18.4. The molecule has 35 heavy (non-hydrogen) atoms. The van der Waals surface area contributed by atoms with Crippen molar-refractivity contribution in [2.24, 2.45) is 5.92 Å². The first-order valence-corrected chi connectivity index (χ1v) is 11.7. The van der Waals surface area contributed by atoms with E-state index in [2.05, 4.69) is 22.2 Å². The van der Waals surface area contributed by atoms with E-state index in [1.165, 1.54) is 6.07 Å². The fourth-order valence-corrected chi connectivity index (χ4v) is 4.63. The van der Waals surface area contributed by atoms with Gasteiger partial charge in [-0.1, -0.05) is 24.6 Å². The number of carbonyl (C=O) groups is 1. The lowest BCUT2D eigenvalue weighted by atomic mass is 9.89. The number of alkyl halides is 3. The zero-order chi connectivity index (χ0) is 25.2. The first kappa shape index (κ1) is 24.7. The van der Waals surface area contributed by atoms with Gasteiger partial charge in [-0.05, 0) is 68.0 Å². The maximum atomic E-state index is 13.9. The Kier molecular flexibility index (Phi) is 7.10. The van der Waals surface area contributed by atoms with E-state index in [1.807, 2.05) is 43.0 Å². The van der Waals surface area contributed by atoms with Crippen molar-refractivity contribution in [1.29, 1.82) is 0 Å². The third kappa shape index (κ3) is 5.63. The van der Waals surface area contributed by atoms with Gasteiger partial charge in [0.25, 0.3) is 5.91 Å². The van der Waals surface area contributed by atoms with E-state index < -0.39 is 11.7 Å². The Bertz CT molecular complexity index is 1190. The number of piperidine rings is 1. The Morgan fingerprint density at radius 1 is 1.09 bits per heavy atom. The van der Waals surface area contributed by atoms with Crippen LogP contribution < -0.4 is 5.32 Å². The van der Waals surface area contributed by atoms with Crippen molar-refractivity contribution in [2.75, 3.05) is 18.4 Å². The molecule has 184 valence electrons. The van der Waals surface area contributed by atoms with Crippen LogP contribution in [-0.4, -0.2) is 39.9 Å². The summed E-state index contributed by atoms with van der Waals surface area (Å²) in [5.74, 6) is 0.526. The summed E-state index contributed by atoms with van der Waals surface area (Å²) in [6, 6.07) is 10.1. The molecular formula is C27H29F3N4O. The summed E-state index contributed by atoms with van der Waals surface area (Å²) in [6.45, 7) is 7.06. The first-order valence-electron chi connectivity index (χ1n) is 11.7. The van der Waals surface area contributed by atoms with Crippen LogP contribution in [0, 0.1) is 19.8 Å². The maximum absolute atomic E-state index is 13.9. The van der Waals surface area contributed by atoms with Crippen LogP contribution in [0.15, 0.2) is 55.0 Å². The molecule has 1 aliphatic heterocycles. The van der Waals surface area contributed by atoms with Crippen molar-refractivity contribution in [1.82, 2.24) is 14.9 Å². The average Bonchev–Trinajstić information content (AvgIpc) is 2.82. The van der Waals surface area contributed by atoms with Crippen LogP contribution in [0.5, 0.6) is 0 Å². The molecule has 4 rings (SSSR count). The summed E-state index contributed by atoms with van der Waals surface area (Å²) in [6.07, 6.45) is 1.81. The van der Waals surface area contributed by atoms with Crippen LogP contribution in [0.2, 0.25) is 0 Å². The number of anilines is 1. The quantitative estimate of drug-likeness (QED) is 0.475. The van der Waals surface area contributed by atoms with E-state index in [1.54, 1.807) is 12.4 Å². The largest absolute Gasteiger partial charge is 0.417 e. The molecule has 1 aromatic carbocycles. The van der Waals surface area contributed by atoms with Crippen LogP contribution in [0.25, 0.3) is 11.1 Å². The molecule has 2 atom stereocenters. The third-order valence-corrected chi connectivity index (χ3v) is 6.55. The number of likely N-dealkylation sites (tertiary alicyclic amines) is 1. The Labute approximate surface area is 203 Å². The van der Waals surface area contributed by atoms with Crippen LogP contribution in [-0.2, 0) is 6.18 Å². The summed E-state index contributed by atoms with van der Waals surface area (Å²) in [5.41, 5.74) is 3.58. The summed E-state index contributed by atoms with van der Waals surface area (Å²) in [4.78, 5) is 24.0. The Morgan fingerprint density at radius 3 is 2.57 bits per heavy atom. The number of benzene rings is 1. The Hall–Kier alpha value is -3.42. The fraction of sp³-hybridized carbons (Fsp3) is 0.370. The van der Waals surface area contributed by atoms with Gasteiger partial charge in [-0.15, -0.1) is 0 Å². The summed E-state index contributed by atoms with van der Waals surface area (Å²) in [5, 5.41) is 3.14. The van der Waals surface area contributed by atoms with Gasteiger partial charge in [-0.25, -0.2) is 4.98 Å². The van der Waals surface area contributed by atoms with Crippen LogP contribution in [0.3, 0.4) is 0 Å². The standard InChI is InChI=1S/C27H29F3N4O/c1-17-6-8-22(20-11-18(2)13-31-14-20)23(12-17)26(35)34-10-4-5-19(3)24(34)16-33-25-9-7-21(15-32-25)27(28,29)30/h6-9,11-15,19,24H,4-5,10,16H2,1-3H3,(H,32,33)/t19-,24?/m1/s1. The van der Waals surface area contributed by atoms with Crippen molar-refractivity contribution in [3.63, 3.8) is 0 Å². The van der Waals surface area contributed by atoms with E-state index in [9.17, 15) is 18.0 Å². The van der Waals surface area contributed by atoms with E-state index in [0.717, 1.165) is 47.4 Å². The number of hydrogen-bond donors (Lipinski definition) is 1. The maximum Gasteiger partial charge on any atom is 0.417 e. The number of aromatic nitrogens is 2. The number of rotatable bonds is 5. The predicted octanol–water partition coefficient (Wildman–Crippen LogP) is 6.13. The summed E-state index contributed by atoms with van der Waals surface area (Å²) >= 11 is 0. The Morgan fingerprint density at radius 2 is 1.89 bits per heavy atom. The van der Waals surface area contributed by atoms with E-state index >= 15 is 0 Å². The second kappa shape index (κ2) is 10.1. The first-order chi connectivity index (χ1) is 16.6. The lowest BCUT2D eigenvalue weighted by Crippen LogP contribution is -2.51. The van der Waals surface area contributed by atoms with E-state index in [0.29, 0.717) is 24.5 Å². The minimum absolute atomic E-state index is 0.0519. The minimum atomic E-state index is -4.43. The highest BCUT2D eigenvalue weighted by molar-refractivity contribution is 6.01. The number of halogens is 3. The molecule has 5 nitrogen and oxygen atoms in total. The number of carbonyl (C=O) groups excluding carboxylic acids is 1. The second-order valence-electron chi connectivity index (χ2n) is 9.30. The topological polar surface area (TPSA) is 58.1 Å². The van der Waals surface area contributed by atoms with Gasteiger partial charge in [0.15, 0.2) is 0 Å². The van der Waals surface area contributed by atoms with Crippen LogP contribution in [0.1, 0.15) is 46.8 Å². The summed E-state index contributed by atoms with van der Waals surface area (Å²) in [7, 11) is 0. The number of aryl methyl sites for hydroxylation is 2. The minimum Gasteiger partial charge on any atom is -0.368 e. The lowest BCUT2D eigenvalue weighted by Gasteiger charge is -2.40. The van der Waals surface area contributed by atoms with E-state index in [-0.39, 0.29) is 17.9 Å². The summed E-state index contributed by atoms with van der Waals surface area (Å²) < 4.78 is 38.5. The monoisotopic (exact) mass is 482 g/mol. The fourth-order valence-electron chi connectivity index (χ4n) is 4.63. The second-order valence-corrected chi connectivity index (χ2v) is 9.30. The molecule has 2 aromatic heterocycles. The van der Waals surface area contributed by atoms with Crippen LogP contribution in [0.4, 0.5) is 19.0 Å². The highest BCUT2D eigenvalue weighted by Crippen LogP contribution is 2.31. The van der Waals surface area contributed by atoms with Crippen molar-refractivity contribution >= 4 is 11.7 Å². The average molecular weight is 483 g/mol. The SMILES string of the molecule is Cc1cncc(-c2ccc(C)cc2C(=O)N2CCC[C@@H](C)C2CNc2ccc(C(F)(F)F)cn2)c1. The number of amides is 1. The van der Waals surface area contributed by atoms with Gasteiger partial charge < -0.3 is 10.2 Å². The van der Waals surface area contributed by atoms with Crippen molar-refractivity contribution in [3.8, 4) is 11.1 Å². The third-order valence-electron chi connectivity index (χ3n) is 6.55. The molecule has 0 spiro atoms. The number of nitrogens with zero attached hydrogens (tertiary/aromatic N) is 3. The van der Waals surface area contributed by atoms with Crippen molar-refractivity contribution in [3.05, 3.63) is 77.2 Å². The Balaban J connectivity index is 1.58. The molecule has 1 saturated heterocycles. The number of hydrogen-bond acceptors (Lipinski definition) is 4. The zero-order valence-corrected chi connectivity index (χ0v) is 20.1. The van der Waals surface area contributed by atoms with Gasteiger partial charge in [-0.3, -0.25) is 9.78 Å². The van der Waals surface area contributed by atoms with Gasteiger partial charge >= 0.3 is 6.18 Å². The molecule has 0 aliphatic carbocycles. The zero-order valence-electron chi connectivity index (χ0n) is 20.1. The smallest absolute Gasteiger partial charge is 0.368 e. The molecule has 1 unspecified atom stereocenters. The van der Waals surface area contributed by atoms with Crippen molar-refractivity contribution < 1.29 is 18.0 Å². The highest BCUT2D eigenvalue weighted by Gasteiger charge is 2.34. The lowest BCUT2D eigenvalue weighted by molar-refractivity contribution is -0.137. The molecule has 1 N–H and O–H groups in total. The highest BCUT2D eigenvalue weighted by atomic mass is 19.4. The molecule has 0 saturated carbocycles. The molecule has 1 fully saturated rings. The van der Waals surface area contributed by atoms with Gasteiger partial charge in [0, 0.05) is 42.8 Å². The molecule has 1 amide bonds. The van der Waals surface area contributed by atoms with Gasteiger partial charge in [-0.2, -0.15) is 13.2 Å². The number of pyridine rings is 2. The van der Waals surface area contributed by atoms with Crippen molar-refractivity contribution in [2.45, 2.75) is 45.8 Å². The van der Waals surface area contributed by atoms with Gasteiger partial charge in [0.05, 0.1) is 11.6 Å². The molecule has 0 radical (unpaired) electrons. The molecule has 3 heterocycles.